The molecule has 1 aromatic carbocycles. The first-order chi connectivity index (χ1) is 9.70. The van der Waals surface area contributed by atoms with E-state index in [0.29, 0.717) is 25.3 Å². The monoisotopic (exact) mass is 275 g/mol. The normalized spacial score (nSPS) is 10.4. The number of carbonyl (C=O) groups is 1. The Morgan fingerprint density at radius 1 is 1.25 bits per heavy atom. The molecule has 0 radical (unpaired) electrons. The van der Waals surface area contributed by atoms with E-state index in [-0.39, 0.29) is 5.69 Å². The highest BCUT2D eigenvalue weighted by Gasteiger charge is 2.11. The fraction of sp³-hybridized carbons (Fsp3) is 0.286. The van der Waals surface area contributed by atoms with Crippen molar-refractivity contribution in [1.29, 1.82) is 0 Å². The summed E-state index contributed by atoms with van der Waals surface area (Å²) >= 11 is 0. The molecule has 0 saturated carbocycles. The van der Waals surface area contributed by atoms with Crippen molar-refractivity contribution in [3.8, 4) is 5.69 Å². The average molecular weight is 275 g/mol. The first-order valence-electron chi connectivity index (χ1n) is 6.28. The lowest BCUT2D eigenvalue weighted by Crippen LogP contribution is -2.09. The van der Waals surface area contributed by atoms with Crippen molar-refractivity contribution in [1.82, 2.24) is 9.78 Å². The largest absolute Gasteiger partial charge is 0.461 e. The fourth-order valence-electron chi connectivity index (χ4n) is 1.65. The number of benzene rings is 1. The van der Waals surface area contributed by atoms with Crippen LogP contribution >= 0.6 is 0 Å². The molecule has 0 spiro atoms. The van der Waals surface area contributed by atoms with E-state index in [4.69, 9.17) is 15.2 Å². The highest BCUT2D eigenvalue weighted by molar-refractivity contribution is 5.87. The van der Waals surface area contributed by atoms with Gasteiger partial charge in [-0.25, -0.2) is 9.48 Å². The second kappa shape index (κ2) is 6.72. The van der Waals surface area contributed by atoms with Crippen LogP contribution in [0.3, 0.4) is 0 Å². The maximum atomic E-state index is 11.7. The van der Waals surface area contributed by atoms with Gasteiger partial charge in [0.1, 0.15) is 0 Å². The van der Waals surface area contributed by atoms with E-state index < -0.39 is 5.97 Å². The molecule has 0 aliphatic rings. The smallest absolute Gasteiger partial charge is 0.358 e. The maximum absolute atomic E-state index is 11.7. The Labute approximate surface area is 117 Å². The van der Waals surface area contributed by atoms with Crippen LogP contribution in [0.2, 0.25) is 0 Å². The van der Waals surface area contributed by atoms with E-state index in [9.17, 15) is 4.79 Å². The minimum Gasteiger partial charge on any atom is -0.461 e. The molecule has 0 unspecified atom stereocenters. The van der Waals surface area contributed by atoms with Crippen LogP contribution in [-0.4, -0.2) is 36.1 Å². The molecule has 0 fully saturated rings. The standard InChI is InChI=1S/C14H17N3O3/c1-19-9-2-10-20-14(18)13-7-8-17(16-13)12-5-3-11(15)4-6-12/h3-8H,2,9-10,15H2,1H3. The van der Waals surface area contributed by atoms with Crippen LogP contribution in [0.1, 0.15) is 16.9 Å². The molecule has 0 amide bonds. The number of ether oxygens (including phenoxy) is 2. The van der Waals surface area contributed by atoms with E-state index in [1.54, 1.807) is 36.2 Å². The van der Waals surface area contributed by atoms with Gasteiger partial charge in [0.15, 0.2) is 5.69 Å². The van der Waals surface area contributed by atoms with Crippen LogP contribution in [0.4, 0.5) is 5.69 Å². The van der Waals surface area contributed by atoms with Crippen molar-refractivity contribution in [2.45, 2.75) is 6.42 Å². The molecule has 0 bridgehead atoms. The first kappa shape index (κ1) is 14.1. The third kappa shape index (κ3) is 3.58. The predicted molar refractivity (Wildman–Crippen MR) is 74.8 cm³/mol. The highest BCUT2D eigenvalue weighted by Crippen LogP contribution is 2.11. The van der Waals surface area contributed by atoms with Crippen LogP contribution in [0.15, 0.2) is 36.5 Å². The van der Waals surface area contributed by atoms with Gasteiger partial charge in [0.05, 0.1) is 12.3 Å². The summed E-state index contributed by atoms with van der Waals surface area (Å²) in [4.78, 5) is 11.7. The van der Waals surface area contributed by atoms with Gasteiger partial charge in [-0.3, -0.25) is 0 Å². The zero-order valence-corrected chi connectivity index (χ0v) is 11.3. The summed E-state index contributed by atoms with van der Waals surface area (Å²) < 4.78 is 11.6. The third-order valence-electron chi connectivity index (χ3n) is 2.68. The molecule has 106 valence electrons. The van der Waals surface area contributed by atoms with E-state index in [2.05, 4.69) is 5.10 Å². The zero-order valence-electron chi connectivity index (χ0n) is 11.3. The molecule has 2 N–H and O–H groups in total. The van der Waals surface area contributed by atoms with E-state index >= 15 is 0 Å². The van der Waals surface area contributed by atoms with Crippen molar-refractivity contribution < 1.29 is 14.3 Å². The zero-order chi connectivity index (χ0) is 14.4. The van der Waals surface area contributed by atoms with Crippen molar-refractivity contribution in [3.05, 3.63) is 42.2 Å². The number of hydrogen-bond donors (Lipinski definition) is 1. The van der Waals surface area contributed by atoms with E-state index in [1.165, 1.54) is 0 Å². The van der Waals surface area contributed by atoms with Crippen molar-refractivity contribution in [2.24, 2.45) is 0 Å². The maximum Gasteiger partial charge on any atom is 0.358 e. The molecule has 0 atom stereocenters. The Balaban J connectivity index is 1.98. The second-order valence-corrected chi connectivity index (χ2v) is 4.22. The number of aromatic nitrogens is 2. The van der Waals surface area contributed by atoms with E-state index in [0.717, 1.165) is 5.69 Å². The molecule has 1 heterocycles. The van der Waals surface area contributed by atoms with Gasteiger partial charge < -0.3 is 15.2 Å². The Morgan fingerprint density at radius 3 is 2.70 bits per heavy atom. The SMILES string of the molecule is COCCCOC(=O)c1ccn(-c2ccc(N)cc2)n1. The summed E-state index contributed by atoms with van der Waals surface area (Å²) in [5.74, 6) is -0.435. The second-order valence-electron chi connectivity index (χ2n) is 4.22. The van der Waals surface area contributed by atoms with Crippen molar-refractivity contribution >= 4 is 11.7 Å². The lowest BCUT2D eigenvalue weighted by Gasteiger charge is -2.03. The number of nitrogens with two attached hydrogens (primary N) is 1. The minimum absolute atomic E-state index is 0.277. The van der Waals surface area contributed by atoms with Crippen molar-refractivity contribution in [2.75, 3.05) is 26.1 Å². The summed E-state index contributed by atoms with van der Waals surface area (Å²) in [6.07, 6.45) is 2.37. The van der Waals surface area contributed by atoms with Gasteiger partial charge in [-0.15, -0.1) is 0 Å². The Kier molecular flexibility index (Phi) is 4.73. The minimum atomic E-state index is -0.435. The van der Waals surface area contributed by atoms with Crippen LogP contribution in [0, 0.1) is 0 Å². The van der Waals surface area contributed by atoms with Gasteiger partial charge in [-0.1, -0.05) is 0 Å². The summed E-state index contributed by atoms with van der Waals surface area (Å²) in [5.41, 5.74) is 7.41. The van der Waals surface area contributed by atoms with Crippen molar-refractivity contribution in [3.63, 3.8) is 0 Å². The average Bonchev–Trinajstić information content (AvgIpc) is 2.94. The number of nitrogen functional groups attached to an aromatic ring is 1. The topological polar surface area (TPSA) is 79.4 Å². The van der Waals surface area contributed by atoms with Gasteiger partial charge >= 0.3 is 5.97 Å². The van der Waals surface area contributed by atoms with Gasteiger partial charge in [-0.2, -0.15) is 5.10 Å². The highest BCUT2D eigenvalue weighted by atomic mass is 16.5. The lowest BCUT2D eigenvalue weighted by molar-refractivity contribution is 0.0461. The molecule has 0 saturated heterocycles. The molecule has 1 aromatic heterocycles. The van der Waals surface area contributed by atoms with Crippen LogP contribution < -0.4 is 5.73 Å². The molecular formula is C14H17N3O3. The molecule has 6 heteroatoms. The number of hydrogen-bond acceptors (Lipinski definition) is 5. The summed E-state index contributed by atoms with van der Waals surface area (Å²) in [6, 6.07) is 8.83. The quantitative estimate of drug-likeness (QED) is 0.492. The molecule has 6 nitrogen and oxygen atoms in total. The molecule has 2 aromatic rings. The summed E-state index contributed by atoms with van der Waals surface area (Å²) in [7, 11) is 1.61. The molecule has 0 aliphatic heterocycles. The van der Waals surface area contributed by atoms with Crippen LogP contribution in [0.5, 0.6) is 0 Å². The molecule has 2 rings (SSSR count). The summed E-state index contributed by atoms with van der Waals surface area (Å²) in [5, 5.41) is 4.18. The number of esters is 1. The van der Waals surface area contributed by atoms with Crippen LogP contribution in [0.25, 0.3) is 5.69 Å². The number of carbonyl (C=O) groups excluding carboxylic acids is 1. The lowest BCUT2D eigenvalue weighted by atomic mass is 10.3. The fourth-order valence-corrected chi connectivity index (χ4v) is 1.65. The first-order valence-corrected chi connectivity index (χ1v) is 6.28. The predicted octanol–water partition coefficient (Wildman–Crippen LogP) is 1.65. The van der Waals surface area contributed by atoms with Gasteiger partial charge in [0, 0.05) is 32.0 Å². The van der Waals surface area contributed by atoms with Crippen LogP contribution in [-0.2, 0) is 9.47 Å². The number of methoxy groups -OCH3 is 1. The third-order valence-corrected chi connectivity index (χ3v) is 2.68. The number of nitrogens with zero attached hydrogens (tertiary/aromatic N) is 2. The van der Waals surface area contributed by atoms with E-state index in [1.807, 2.05) is 12.1 Å². The molecule has 0 aliphatic carbocycles. The van der Waals surface area contributed by atoms with Gasteiger partial charge in [-0.05, 0) is 30.3 Å². The summed E-state index contributed by atoms with van der Waals surface area (Å²) in [6.45, 7) is 0.883. The molecule has 20 heavy (non-hydrogen) atoms. The Morgan fingerprint density at radius 2 is 2.00 bits per heavy atom. The number of rotatable bonds is 6. The Hall–Kier alpha value is -2.34. The Bertz CT molecular complexity index is 563. The van der Waals surface area contributed by atoms with Gasteiger partial charge in [0.2, 0.25) is 0 Å². The number of anilines is 1. The molecular weight excluding hydrogens is 258 g/mol. The van der Waals surface area contributed by atoms with Gasteiger partial charge in [0.25, 0.3) is 0 Å².